The summed E-state index contributed by atoms with van der Waals surface area (Å²) in [5, 5.41) is 10.8. The zero-order valence-electron chi connectivity index (χ0n) is 14.9. The lowest BCUT2D eigenvalue weighted by atomic mass is 10.0. The van der Waals surface area contributed by atoms with Crippen LogP contribution < -0.4 is 0 Å². The first-order valence-electron chi connectivity index (χ1n) is 9.72. The lowest BCUT2D eigenvalue weighted by Crippen LogP contribution is -2.00. The summed E-state index contributed by atoms with van der Waals surface area (Å²) in [6, 6.07) is 0. The number of hydrogen-bond donors (Lipinski definition) is 1. The second-order valence-corrected chi connectivity index (χ2v) is 7.30. The number of aliphatic hydroxyl groups excluding tert-OH is 1. The van der Waals surface area contributed by atoms with Gasteiger partial charge in [-0.2, -0.15) is 0 Å². The molecule has 0 rings (SSSR count). The summed E-state index contributed by atoms with van der Waals surface area (Å²) in [7, 11) is 0. The van der Waals surface area contributed by atoms with Crippen molar-refractivity contribution in [3.05, 3.63) is 12.2 Å². The molecular formula is C20H39BrO. The van der Waals surface area contributed by atoms with E-state index in [1.54, 1.807) is 0 Å². The van der Waals surface area contributed by atoms with Crippen molar-refractivity contribution < 1.29 is 5.11 Å². The fourth-order valence-corrected chi connectivity index (χ4v) is 3.11. The second-order valence-electron chi connectivity index (χ2n) is 6.50. The molecule has 1 nitrogen and oxygen atoms in total. The van der Waals surface area contributed by atoms with Crippen LogP contribution in [-0.2, 0) is 0 Å². The number of halogens is 1. The smallest absolute Gasteiger partial charge is 0.0720 e. The van der Waals surface area contributed by atoms with Gasteiger partial charge in [-0.25, -0.2) is 0 Å². The van der Waals surface area contributed by atoms with Gasteiger partial charge in [0.1, 0.15) is 0 Å². The molecule has 0 aromatic rings. The van der Waals surface area contributed by atoms with Crippen molar-refractivity contribution in [1.82, 2.24) is 0 Å². The van der Waals surface area contributed by atoms with Crippen LogP contribution in [0.2, 0.25) is 0 Å². The van der Waals surface area contributed by atoms with Gasteiger partial charge in [-0.05, 0) is 25.7 Å². The van der Waals surface area contributed by atoms with Gasteiger partial charge in [-0.1, -0.05) is 106 Å². The highest BCUT2D eigenvalue weighted by molar-refractivity contribution is 9.09. The predicted molar refractivity (Wildman–Crippen MR) is 104 cm³/mol. The Hall–Kier alpha value is 0.180. The van der Waals surface area contributed by atoms with Gasteiger partial charge in [0.05, 0.1) is 6.10 Å². The molecule has 0 aliphatic heterocycles. The van der Waals surface area contributed by atoms with E-state index in [1.165, 1.54) is 82.4 Å². The molecular weight excluding hydrogens is 336 g/mol. The Bertz CT molecular complexity index is 228. The Kier molecular flexibility index (Phi) is 19.4. The van der Waals surface area contributed by atoms with Crippen LogP contribution in [0.3, 0.4) is 0 Å². The van der Waals surface area contributed by atoms with E-state index >= 15 is 0 Å². The number of hydrogen-bond acceptors (Lipinski definition) is 1. The van der Waals surface area contributed by atoms with Crippen LogP contribution in [-0.4, -0.2) is 16.5 Å². The molecule has 22 heavy (non-hydrogen) atoms. The maximum Gasteiger partial charge on any atom is 0.0720 e. The Morgan fingerprint density at radius 3 is 1.77 bits per heavy atom. The molecule has 1 atom stereocenters. The molecule has 0 aromatic heterocycles. The first kappa shape index (κ1) is 22.2. The zero-order valence-corrected chi connectivity index (χ0v) is 16.5. The summed E-state index contributed by atoms with van der Waals surface area (Å²) < 4.78 is 0. The van der Waals surface area contributed by atoms with E-state index in [0.29, 0.717) is 0 Å². The van der Waals surface area contributed by atoms with Crippen LogP contribution in [0, 0.1) is 0 Å². The summed E-state index contributed by atoms with van der Waals surface area (Å²) in [6.45, 7) is 2.17. The van der Waals surface area contributed by atoms with E-state index in [1.807, 2.05) is 6.08 Å². The fraction of sp³-hybridized carbons (Fsp3) is 0.900. The van der Waals surface area contributed by atoms with E-state index in [2.05, 4.69) is 28.9 Å². The highest BCUT2D eigenvalue weighted by Crippen LogP contribution is 2.12. The third kappa shape index (κ3) is 18.2. The van der Waals surface area contributed by atoms with Crippen molar-refractivity contribution in [2.75, 3.05) is 5.33 Å². The van der Waals surface area contributed by atoms with Crippen molar-refractivity contribution in [3.8, 4) is 0 Å². The topological polar surface area (TPSA) is 20.2 Å². The molecule has 0 unspecified atom stereocenters. The number of unbranched alkanes of at least 4 members (excludes halogenated alkanes) is 12. The Morgan fingerprint density at radius 2 is 1.27 bits per heavy atom. The highest BCUT2D eigenvalue weighted by Gasteiger charge is 1.96. The number of rotatable bonds is 17. The summed E-state index contributed by atoms with van der Waals surface area (Å²) in [5.74, 6) is 0. The van der Waals surface area contributed by atoms with E-state index in [-0.39, 0.29) is 6.10 Å². The molecule has 1 N–H and O–H groups in total. The molecule has 0 saturated carbocycles. The van der Waals surface area contributed by atoms with Gasteiger partial charge in [0.2, 0.25) is 0 Å². The van der Waals surface area contributed by atoms with Gasteiger partial charge >= 0.3 is 0 Å². The zero-order chi connectivity index (χ0) is 16.3. The molecule has 0 fully saturated rings. The normalized spacial score (nSPS) is 13.0. The van der Waals surface area contributed by atoms with Crippen molar-refractivity contribution in [3.63, 3.8) is 0 Å². The average molecular weight is 375 g/mol. The average Bonchev–Trinajstić information content (AvgIpc) is 2.53. The van der Waals surface area contributed by atoms with E-state index in [9.17, 15) is 5.11 Å². The third-order valence-electron chi connectivity index (χ3n) is 4.22. The number of aliphatic hydroxyl groups is 1. The van der Waals surface area contributed by atoms with Gasteiger partial charge in [-0.15, -0.1) is 0 Å². The van der Waals surface area contributed by atoms with Crippen molar-refractivity contribution in [2.24, 2.45) is 0 Å². The van der Waals surface area contributed by atoms with Crippen LogP contribution in [0.5, 0.6) is 0 Å². The molecule has 0 spiro atoms. The Balaban J connectivity index is 3.12. The molecule has 132 valence electrons. The number of allylic oxidation sites excluding steroid dienone is 1. The van der Waals surface area contributed by atoms with Gasteiger partial charge in [-0.3, -0.25) is 0 Å². The molecule has 0 aliphatic rings. The van der Waals surface area contributed by atoms with Gasteiger partial charge in [0, 0.05) is 5.33 Å². The largest absolute Gasteiger partial charge is 0.389 e. The second kappa shape index (κ2) is 19.2. The molecule has 0 aromatic carbocycles. The minimum Gasteiger partial charge on any atom is -0.389 e. The summed E-state index contributed by atoms with van der Waals surface area (Å²) in [4.78, 5) is 0. The fourth-order valence-electron chi connectivity index (χ4n) is 2.71. The first-order chi connectivity index (χ1) is 10.8. The van der Waals surface area contributed by atoms with Crippen LogP contribution in [0.25, 0.3) is 0 Å². The molecule has 0 radical (unpaired) electrons. The third-order valence-corrected chi connectivity index (χ3v) is 4.78. The number of alkyl halides is 1. The molecule has 0 aliphatic carbocycles. The Labute approximate surface area is 148 Å². The van der Waals surface area contributed by atoms with E-state index in [0.717, 1.165) is 19.3 Å². The maximum atomic E-state index is 9.68. The molecule has 0 amide bonds. The van der Waals surface area contributed by atoms with Crippen LogP contribution in [0.15, 0.2) is 12.2 Å². The minimum absolute atomic E-state index is 0.213. The van der Waals surface area contributed by atoms with E-state index < -0.39 is 0 Å². The standard InChI is InChI=1S/C20H39BrO/c1-2-3-17-20(22)18-15-13-11-9-7-5-4-6-8-10-12-14-16-19-21/h15,18,20,22H,2-14,16-17,19H2,1H3/t20-/m1/s1. The highest BCUT2D eigenvalue weighted by atomic mass is 79.9. The monoisotopic (exact) mass is 374 g/mol. The van der Waals surface area contributed by atoms with Crippen LogP contribution in [0.4, 0.5) is 0 Å². The van der Waals surface area contributed by atoms with Gasteiger partial charge < -0.3 is 5.11 Å². The lowest BCUT2D eigenvalue weighted by Gasteiger charge is -2.03. The van der Waals surface area contributed by atoms with Crippen molar-refractivity contribution in [2.45, 2.75) is 109 Å². The molecule has 0 saturated heterocycles. The van der Waals surface area contributed by atoms with Crippen LogP contribution in [0.1, 0.15) is 103 Å². The van der Waals surface area contributed by atoms with Gasteiger partial charge in [0.15, 0.2) is 0 Å². The predicted octanol–water partition coefficient (Wildman–Crippen LogP) is 7.17. The summed E-state index contributed by atoms with van der Waals surface area (Å²) >= 11 is 3.48. The SMILES string of the molecule is CCCC[C@@H](O)C=CCCCCCCCCCCCCCBr. The molecule has 0 bridgehead atoms. The van der Waals surface area contributed by atoms with Gasteiger partial charge in [0.25, 0.3) is 0 Å². The Morgan fingerprint density at radius 1 is 0.773 bits per heavy atom. The molecule has 2 heteroatoms. The summed E-state index contributed by atoms with van der Waals surface area (Å²) in [5.41, 5.74) is 0. The van der Waals surface area contributed by atoms with E-state index in [4.69, 9.17) is 0 Å². The first-order valence-corrected chi connectivity index (χ1v) is 10.8. The van der Waals surface area contributed by atoms with Crippen molar-refractivity contribution in [1.29, 1.82) is 0 Å². The van der Waals surface area contributed by atoms with Crippen molar-refractivity contribution >= 4 is 15.9 Å². The lowest BCUT2D eigenvalue weighted by molar-refractivity contribution is 0.209. The van der Waals surface area contributed by atoms with Crippen LogP contribution >= 0.6 is 15.9 Å². The maximum absolute atomic E-state index is 9.68. The molecule has 0 heterocycles. The summed E-state index contributed by atoms with van der Waals surface area (Å²) in [6.07, 6.45) is 23.6. The quantitative estimate of drug-likeness (QED) is 0.162. The minimum atomic E-state index is -0.213.